The molecule has 4 heterocycles. The monoisotopic (exact) mass is 442 g/mol. The van der Waals surface area contributed by atoms with Gasteiger partial charge in [-0.15, -0.1) is 0 Å². The highest BCUT2D eigenvalue weighted by Gasteiger charge is 2.41. The minimum Gasteiger partial charge on any atom is -0.477 e. The van der Waals surface area contributed by atoms with Gasteiger partial charge in [-0.2, -0.15) is 4.57 Å². The lowest BCUT2D eigenvalue weighted by atomic mass is 10.2. The van der Waals surface area contributed by atoms with Gasteiger partial charge in [0.05, 0.1) is 37.1 Å². The molecule has 2 saturated heterocycles. The summed E-state index contributed by atoms with van der Waals surface area (Å²) in [4.78, 5) is 40.2. The van der Waals surface area contributed by atoms with Crippen LogP contribution >= 0.6 is 0 Å². The molecule has 3 N–H and O–H groups in total. The van der Waals surface area contributed by atoms with Crippen LogP contribution in [0.1, 0.15) is 49.0 Å². The van der Waals surface area contributed by atoms with E-state index in [1.54, 1.807) is 16.8 Å². The summed E-state index contributed by atoms with van der Waals surface area (Å²) < 4.78 is 8.36. The highest BCUT2D eigenvalue weighted by molar-refractivity contribution is 5.96. The first-order valence-electron chi connectivity index (χ1n) is 11.1. The van der Waals surface area contributed by atoms with Crippen LogP contribution in [0.25, 0.3) is 11.7 Å². The van der Waals surface area contributed by atoms with Gasteiger partial charge in [0.2, 0.25) is 11.5 Å². The lowest BCUT2D eigenvalue weighted by Gasteiger charge is -2.25. The first kappa shape index (κ1) is 20.7. The minimum atomic E-state index is -0.629. The van der Waals surface area contributed by atoms with Crippen molar-refractivity contribution >= 4 is 23.5 Å². The maximum absolute atomic E-state index is 13.1. The van der Waals surface area contributed by atoms with Crippen molar-refractivity contribution in [1.29, 1.82) is 0 Å². The van der Waals surface area contributed by atoms with Crippen LogP contribution in [0.15, 0.2) is 17.1 Å². The molecule has 2 atom stereocenters. The molecule has 10 heteroatoms. The van der Waals surface area contributed by atoms with Crippen molar-refractivity contribution in [2.75, 3.05) is 13.2 Å². The number of carbonyl (C=O) groups is 2. The number of likely N-dealkylation sites (tertiary alicyclic amines) is 1. The Morgan fingerprint density at radius 1 is 1.41 bits per heavy atom. The van der Waals surface area contributed by atoms with E-state index in [9.17, 15) is 19.5 Å². The normalized spacial score (nSPS) is 22.5. The number of nitrogens with one attached hydrogen (secondary N) is 2. The van der Waals surface area contributed by atoms with Gasteiger partial charge in [-0.25, -0.2) is 9.89 Å². The van der Waals surface area contributed by atoms with Gasteiger partial charge >= 0.3 is 17.1 Å². The zero-order chi connectivity index (χ0) is 22.6. The third kappa shape index (κ3) is 3.58. The average Bonchev–Trinajstić information content (AvgIpc) is 3.15. The van der Waals surface area contributed by atoms with E-state index in [1.807, 2.05) is 18.7 Å². The molecule has 1 saturated carbocycles. The van der Waals surface area contributed by atoms with Crippen molar-refractivity contribution in [2.24, 2.45) is 5.92 Å². The lowest BCUT2D eigenvalue weighted by molar-refractivity contribution is -0.686. The number of aromatic nitrogens is 3. The third-order valence-corrected chi connectivity index (χ3v) is 6.25. The van der Waals surface area contributed by atoms with Crippen LogP contribution in [-0.4, -0.2) is 62.8 Å². The van der Waals surface area contributed by atoms with Crippen molar-refractivity contribution in [3.8, 4) is 5.88 Å². The zero-order valence-electron chi connectivity index (χ0n) is 18.2. The molecule has 0 radical (unpaired) electrons. The van der Waals surface area contributed by atoms with E-state index in [2.05, 4.69) is 10.4 Å². The largest absolute Gasteiger partial charge is 0.477 e. The second-order valence-corrected chi connectivity index (χ2v) is 9.31. The number of hydrogen-bond donors (Lipinski definition) is 3. The van der Waals surface area contributed by atoms with Crippen molar-refractivity contribution in [3.05, 3.63) is 33.8 Å². The molecule has 2 bridgehead atoms. The number of H-pyrrole nitrogens is 1. The number of morpholine rings is 1. The number of nitrogens with zero attached hydrogens (tertiary/aromatic N) is 3. The minimum absolute atomic E-state index is 0.0555. The summed E-state index contributed by atoms with van der Waals surface area (Å²) in [5.41, 5.74) is 0.0629. The second kappa shape index (κ2) is 7.77. The van der Waals surface area contributed by atoms with Crippen molar-refractivity contribution in [2.45, 2.75) is 57.8 Å². The molecular weight excluding hydrogens is 414 g/mol. The molecule has 2 aromatic heterocycles. The summed E-state index contributed by atoms with van der Waals surface area (Å²) in [5, 5.41) is 16.6. The molecule has 2 aliphatic heterocycles. The van der Waals surface area contributed by atoms with Gasteiger partial charge in [-0.1, -0.05) is 18.4 Å². The first-order valence-corrected chi connectivity index (χ1v) is 11.1. The fourth-order valence-corrected chi connectivity index (χ4v) is 4.53. The molecule has 10 nitrogen and oxygen atoms in total. The molecule has 0 aromatic carbocycles. The van der Waals surface area contributed by atoms with Crippen LogP contribution in [0, 0.1) is 5.92 Å². The van der Waals surface area contributed by atoms with E-state index in [1.165, 1.54) is 10.6 Å². The molecule has 3 aliphatic rings. The summed E-state index contributed by atoms with van der Waals surface area (Å²) in [6.07, 6.45) is 7.46. The predicted octanol–water partition coefficient (Wildman–Crippen LogP) is 0.182. The number of fused-ring (bicyclic) bond motifs is 3. The van der Waals surface area contributed by atoms with Crippen molar-refractivity contribution in [1.82, 2.24) is 19.8 Å². The predicted molar refractivity (Wildman–Crippen MR) is 114 cm³/mol. The topological polar surface area (TPSA) is 120 Å². The number of hydrogen-bond acceptors (Lipinski definition) is 5. The molecular formula is C22H28N5O5+. The summed E-state index contributed by atoms with van der Waals surface area (Å²) in [7, 11) is 0. The van der Waals surface area contributed by atoms with Crippen LogP contribution in [-0.2, 0) is 16.1 Å². The number of ether oxygens (including phenoxy) is 1. The number of carbonyl (C=O) groups excluding carboxylic acids is 2. The van der Waals surface area contributed by atoms with Gasteiger partial charge in [-0.05, 0) is 31.3 Å². The van der Waals surface area contributed by atoms with Crippen LogP contribution in [0.4, 0.5) is 0 Å². The van der Waals surface area contributed by atoms with Crippen LogP contribution in [0.5, 0.6) is 5.88 Å². The van der Waals surface area contributed by atoms with Crippen LogP contribution in [0.2, 0.25) is 0 Å². The van der Waals surface area contributed by atoms with Gasteiger partial charge in [0.25, 0.3) is 5.91 Å². The second-order valence-electron chi connectivity index (χ2n) is 9.31. The van der Waals surface area contributed by atoms with Crippen molar-refractivity contribution in [3.63, 3.8) is 0 Å². The maximum Gasteiger partial charge on any atom is 0.378 e. The van der Waals surface area contributed by atoms with E-state index in [0.717, 1.165) is 19.3 Å². The summed E-state index contributed by atoms with van der Waals surface area (Å²) in [6.45, 7) is 5.51. The molecule has 170 valence electrons. The Bertz CT molecular complexity index is 1180. The van der Waals surface area contributed by atoms with Crippen molar-refractivity contribution < 1.29 is 24.0 Å². The number of rotatable bonds is 6. The highest BCUT2D eigenvalue weighted by atomic mass is 16.5. The fraction of sp³-hybridized carbons (Fsp3) is 0.545. The quantitative estimate of drug-likeness (QED) is 0.436. The summed E-state index contributed by atoms with van der Waals surface area (Å²) >= 11 is 0. The highest BCUT2D eigenvalue weighted by Crippen LogP contribution is 2.28. The zero-order valence-corrected chi connectivity index (χ0v) is 18.2. The van der Waals surface area contributed by atoms with E-state index in [4.69, 9.17) is 4.74 Å². The molecule has 0 unspecified atom stereocenters. The van der Waals surface area contributed by atoms with Gasteiger partial charge in [0.1, 0.15) is 0 Å². The number of aromatic hydroxyl groups is 1. The van der Waals surface area contributed by atoms with Crippen LogP contribution in [0.3, 0.4) is 0 Å². The van der Waals surface area contributed by atoms with Gasteiger partial charge in [0.15, 0.2) is 0 Å². The Hall–Kier alpha value is -3.14. The number of amides is 2. The Balaban J connectivity index is 1.53. The molecule has 5 rings (SSSR count). The van der Waals surface area contributed by atoms with E-state index >= 15 is 0 Å². The van der Waals surface area contributed by atoms with Gasteiger partial charge < -0.3 is 20.1 Å². The lowest BCUT2D eigenvalue weighted by Crippen LogP contribution is -2.46. The van der Waals surface area contributed by atoms with E-state index in [-0.39, 0.29) is 41.5 Å². The molecule has 32 heavy (non-hydrogen) atoms. The molecule has 2 amide bonds. The summed E-state index contributed by atoms with van der Waals surface area (Å²) in [5.74, 6) is -0.908. The van der Waals surface area contributed by atoms with Crippen LogP contribution < -0.4 is 15.4 Å². The van der Waals surface area contributed by atoms with Gasteiger partial charge in [-0.3, -0.25) is 9.59 Å². The Morgan fingerprint density at radius 3 is 2.81 bits per heavy atom. The average molecular weight is 442 g/mol. The standard InChI is InChI=1S/C22H27N5O5/c1-12(2)9-26-20-13(3-6-17(28)25-10-16-7-15(25)11-32-16)8-23-27(20)22(31)18(21(26)30)19(29)24-14-4-5-14/h3,6,8,12,14-16H,4-5,7,9-11H2,1-2H3,(H2,24,29,30,31)/p+1/b6-3+/t15-,16-/m1/s1. The Morgan fingerprint density at radius 2 is 2.19 bits per heavy atom. The Kier molecular flexibility index (Phi) is 5.04. The molecule has 1 aliphatic carbocycles. The van der Waals surface area contributed by atoms with E-state index < -0.39 is 11.5 Å². The summed E-state index contributed by atoms with van der Waals surface area (Å²) in [6, 6.07) is 0.171. The smallest absolute Gasteiger partial charge is 0.378 e. The fourth-order valence-electron chi connectivity index (χ4n) is 4.53. The first-order chi connectivity index (χ1) is 15.3. The third-order valence-electron chi connectivity index (χ3n) is 6.25. The Labute approximate surface area is 184 Å². The van der Waals surface area contributed by atoms with E-state index in [0.29, 0.717) is 30.9 Å². The molecule has 2 aromatic rings. The number of aromatic amines is 1. The SMILES string of the molecule is CC(C)C[n+]1c(O)c(C(=O)NC2CC2)c(=O)n2[nH]cc(/C=C/C(=O)N3C[C@H]4C[C@@H]3CO4)c21. The molecule has 3 fully saturated rings. The van der Waals surface area contributed by atoms with Gasteiger partial charge in [0, 0.05) is 18.7 Å². The maximum atomic E-state index is 13.1. The molecule has 0 spiro atoms.